The van der Waals surface area contributed by atoms with Gasteiger partial charge in [0.05, 0.1) is 26.1 Å². The number of carbonyl (C=O) groups is 2. The van der Waals surface area contributed by atoms with Crippen LogP contribution in [0, 0.1) is 23.2 Å². The smallest absolute Gasteiger partial charge is 0.386 e. The maximum Gasteiger partial charge on any atom is 0.474 e. The number of halogens is 1. The number of nitrogens with one attached hydrogen (secondary N) is 1. The summed E-state index contributed by atoms with van der Waals surface area (Å²) in [6, 6.07) is 0. The van der Waals surface area contributed by atoms with Crippen LogP contribution in [0.25, 0.3) is 11.2 Å². The van der Waals surface area contributed by atoms with E-state index in [2.05, 4.69) is 15.0 Å². The first-order chi connectivity index (χ1) is 20.3. The Morgan fingerprint density at radius 1 is 1.18 bits per heavy atom. The summed E-state index contributed by atoms with van der Waals surface area (Å²) in [4.78, 5) is 46.8. The maximum atomic E-state index is 16.0. The van der Waals surface area contributed by atoms with Crippen LogP contribution in [0.4, 0.5) is 10.3 Å². The van der Waals surface area contributed by atoms with Gasteiger partial charge in [-0.1, -0.05) is 71.0 Å². The number of nitrogens with zero attached hydrogens (tertiary/aromatic N) is 3. The van der Waals surface area contributed by atoms with Gasteiger partial charge < -0.3 is 15.6 Å². The van der Waals surface area contributed by atoms with E-state index in [1.54, 1.807) is 41.5 Å². The Bertz CT molecular complexity index is 1480. The molecule has 0 aliphatic carbocycles. The number of carbonyl (C=O) groups excluding carboxylic acids is 2. The average molecular weight is 678 g/mol. The molecule has 1 saturated heterocycles. The molecule has 3 rings (SSSR count). The van der Waals surface area contributed by atoms with Crippen molar-refractivity contribution in [1.29, 1.82) is 0 Å². The van der Waals surface area contributed by atoms with Crippen LogP contribution in [0.3, 0.4) is 0 Å². The molecule has 1 fully saturated rings. The van der Waals surface area contributed by atoms with E-state index in [4.69, 9.17) is 30.5 Å². The molecule has 4 atom stereocenters. The molecule has 1 aliphatic heterocycles. The van der Waals surface area contributed by atoms with Crippen molar-refractivity contribution in [1.82, 2.24) is 19.5 Å². The van der Waals surface area contributed by atoms with Crippen LogP contribution in [-0.2, 0) is 32.5 Å². The number of aromatic nitrogens is 4. The summed E-state index contributed by atoms with van der Waals surface area (Å²) in [7, 11) is -4.39. The molecule has 0 bridgehead atoms. The zero-order chi connectivity index (χ0) is 33.1. The lowest BCUT2D eigenvalue weighted by Gasteiger charge is -2.23. The van der Waals surface area contributed by atoms with Gasteiger partial charge >= 0.3 is 7.82 Å². The van der Waals surface area contributed by atoms with E-state index >= 15 is 4.39 Å². The van der Waals surface area contributed by atoms with Gasteiger partial charge in [-0.3, -0.25) is 37.5 Å². The number of alkyl halides is 1. The lowest BCUT2D eigenvalue weighted by molar-refractivity contribution is -0.118. The number of H-pyrrole nitrogens is 1. The fourth-order valence-electron chi connectivity index (χ4n) is 3.70. The average Bonchev–Trinajstić information content (AvgIpc) is 3.45. The fourth-order valence-corrected chi connectivity index (χ4v) is 6.70. The van der Waals surface area contributed by atoms with Crippen LogP contribution < -0.4 is 11.3 Å². The highest BCUT2D eigenvalue weighted by Gasteiger charge is 2.58. The number of nitrogens with two attached hydrogens (primary N) is 1. The zero-order valence-electron chi connectivity index (χ0n) is 25.2. The largest absolute Gasteiger partial charge is 0.474 e. The first-order valence-electron chi connectivity index (χ1n) is 13.4. The summed E-state index contributed by atoms with van der Waals surface area (Å²) in [5.74, 6) is 1.87. The summed E-state index contributed by atoms with van der Waals surface area (Å²) in [6.07, 6.45) is 1.30. The fraction of sp³-hybridized carbons (Fsp3) is 0.654. The first kappa shape index (κ1) is 36.2. The predicted octanol–water partition coefficient (Wildman–Crippen LogP) is 3.07. The number of imidazole rings is 1. The number of ether oxygens (including phenoxy) is 1. The molecule has 0 spiro atoms. The van der Waals surface area contributed by atoms with Gasteiger partial charge in [-0.05, 0) is 0 Å². The number of hydrogen-bond acceptors (Lipinski definition) is 14. The minimum absolute atomic E-state index is 0.109. The van der Waals surface area contributed by atoms with Crippen LogP contribution in [0.5, 0.6) is 0 Å². The lowest BCUT2D eigenvalue weighted by Crippen LogP contribution is -2.42. The molecule has 14 nitrogen and oxygen atoms in total. The Morgan fingerprint density at radius 2 is 1.73 bits per heavy atom. The van der Waals surface area contributed by atoms with Crippen LogP contribution >= 0.6 is 31.3 Å². The number of thioether (sulfide) groups is 2. The summed E-state index contributed by atoms with van der Waals surface area (Å²) >= 11 is 1.96. The maximum absolute atomic E-state index is 16.0. The second kappa shape index (κ2) is 14.0. The van der Waals surface area contributed by atoms with Crippen molar-refractivity contribution in [2.45, 2.75) is 65.6 Å². The van der Waals surface area contributed by atoms with E-state index in [1.165, 1.54) is 0 Å². The zero-order valence-corrected chi connectivity index (χ0v) is 27.7. The third kappa shape index (κ3) is 8.49. The number of aliphatic hydroxyl groups is 1. The van der Waals surface area contributed by atoms with Gasteiger partial charge in [0.2, 0.25) is 11.6 Å². The molecule has 0 saturated carbocycles. The third-order valence-corrected chi connectivity index (χ3v) is 10.1. The Hall–Kier alpha value is -2.29. The van der Waals surface area contributed by atoms with Gasteiger partial charge in [0.25, 0.3) is 5.56 Å². The van der Waals surface area contributed by atoms with Crippen LogP contribution in [0.15, 0.2) is 11.1 Å². The standard InChI is InChI=1S/C26H37FN5O9PS2/c1-8-26(27)17(33)15(41-20(26)32-14-29-16-18(32)30-23(28)31-19(16)34)13-40-42(37,38-9-11-43-21(35)24(2,3)4)39-10-12-44-22(36)25(5,6)7/h1,14-15,17,20,33H,9-13H2,2-7H3,(H3,28,30,31,34)/t15-,17-,20-,26-/m1/s1. The number of anilines is 1. The molecule has 2 aromatic rings. The van der Waals surface area contributed by atoms with Gasteiger partial charge in [0.1, 0.15) is 12.2 Å². The second-order valence-corrected chi connectivity index (χ2v) is 15.6. The summed E-state index contributed by atoms with van der Waals surface area (Å²) in [6.45, 7) is 9.42. The highest BCUT2D eigenvalue weighted by atomic mass is 32.2. The van der Waals surface area contributed by atoms with E-state index in [1.807, 2.05) is 5.92 Å². The molecular weight excluding hydrogens is 640 g/mol. The van der Waals surface area contributed by atoms with Gasteiger partial charge in [-0.2, -0.15) is 4.98 Å². The molecule has 3 heterocycles. The Morgan fingerprint density at radius 3 is 2.23 bits per heavy atom. The topological polar surface area (TPSA) is 198 Å². The lowest BCUT2D eigenvalue weighted by atomic mass is 9.97. The molecule has 0 radical (unpaired) electrons. The molecule has 44 heavy (non-hydrogen) atoms. The highest BCUT2D eigenvalue weighted by Crippen LogP contribution is 2.51. The van der Waals surface area contributed by atoms with Crippen molar-refractivity contribution < 1.29 is 42.0 Å². The van der Waals surface area contributed by atoms with Gasteiger partial charge in [0, 0.05) is 22.3 Å². The summed E-state index contributed by atoms with van der Waals surface area (Å²) < 4.78 is 52.6. The molecular formula is C26H37FN5O9PS2. The van der Waals surface area contributed by atoms with Crippen molar-refractivity contribution >= 4 is 58.7 Å². The first-order valence-corrected chi connectivity index (χ1v) is 16.9. The molecule has 4 N–H and O–H groups in total. The normalized spacial score (nSPS) is 22.8. The Labute approximate surface area is 262 Å². The van der Waals surface area contributed by atoms with Gasteiger partial charge in [0.15, 0.2) is 27.6 Å². The Kier molecular flexibility index (Phi) is 11.5. The number of phosphoric acid groups is 1. The van der Waals surface area contributed by atoms with E-state index in [9.17, 15) is 24.1 Å². The molecule has 244 valence electrons. The third-order valence-electron chi connectivity index (χ3n) is 6.12. The second-order valence-electron chi connectivity index (χ2n) is 11.8. The number of phosphoric ester groups is 1. The predicted molar refractivity (Wildman–Crippen MR) is 164 cm³/mol. The number of terminal acetylenes is 1. The highest BCUT2D eigenvalue weighted by molar-refractivity contribution is 8.14. The minimum Gasteiger partial charge on any atom is -0.386 e. The molecule has 2 aromatic heterocycles. The summed E-state index contributed by atoms with van der Waals surface area (Å²) in [5.41, 5.74) is 0.555. The monoisotopic (exact) mass is 677 g/mol. The Balaban J connectivity index is 1.75. The minimum atomic E-state index is -4.39. The van der Waals surface area contributed by atoms with Crippen LogP contribution in [0.2, 0.25) is 0 Å². The molecule has 0 amide bonds. The van der Waals surface area contributed by atoms with Crippen LogP contribution in [0.1, 0.15) is 47.8 Å². The van der Waals surface area contributed by atoms with Crippen molar-refractivity contribution in [2.24, 2.45) is 10.8 Å². The number of rotatable bonds is 12. The number of aromatic amines is 1. The van der Waals surface area contributed by atoms with E-state index in [0.29, 0.717) is 0 Å². The van der Waals surface area contributed by atoms with Gasteiger partial charge in [-0.25, -0.2) is 13.9 Å². The SMILES string of the molecule is C#C[C@@]1(F)[C@H](O)[C@@H](COP(=O)(OCCSC(=O)C(C)(C)C)OCCSC(=O)C(C)(C)C)O[C@H]1n1cnc2c(=O)[nH]c(N)nc21. The number of fused-ring (bicyclic) bond motifs is 1. The van der Waals surface area contributed by atoms with E-state index in [0.717, 1.165) is 34.4 Å². The van der Waals surface area contributed by atoms with E-state index in [-0.39, 0.29) is 52.1 Å². The number of aliphatic hydroxyl groups excluding tert-OH is 1. The molecule has 18 heteroatoms. The van der Waals surface area contributed by atoms with Crippen molar-refractivity contribution in [3.05, 3.63) is 16.7 Å². The van der Waals surface area contributed by atoms with E-state index < -0.39 is 54.9 Å². The van der Waals surface area contributed by atoms with Crippen molar-refractivity contribution in [3.8, 4) is 12.3 Å². The molecule has 0 aromatic carbocycles. The quantitative estimate of drug-likeness (QED) is 0.168. The van der Waals surface area contributed by atoms with Gasteiger partial charge in [-0.15, -0.1) is 6.42 Å². The summed E-state index contributed by atoms with van der Waals surface area (Å²) in [5, 5.41) is 10.6. The number of nitrogen functional groups attached to an aromatic ring is 1. The number of hydrogen-bond donors (Lipinski definition) is 3. The van der Waals surface area contributed by atoms with Crippen molar-refractivity contribution in [3.63, 3.8) is 0 Å². The van der Waals surface area contributed by atoms with Crippen LogP contribution in [-0.4, -0.2) is 84.1 Å². The van der Waals surface area contributed by atoms with Crippen molar-refractivity contribution in [2.75, 3.05) is 37.1 Å². The molecule has 1 aliphatic rings. The molecule has 0 unspecified atom stereocenters.